The van der Waals surface area contributed by atoms with Gasteiger partial charge in [0.1, 0.15) is 24.7 Å². The van der Waals surface area contributed by atoms with Gasteiger partial charge in [-0.3, -0.25) is 0 Å². The zero-order chi connectivity index (χ0) is 19.5. The first-order valence-corrected chi connectivity index (χ1v) is 10.7. The molecule has 0 heterocycles. The Morgan fingerprint density at radius 1 is 0.704 bits per heavy atom. The monoisotopic (exact) mass is 626 g/mol. The molecule has 0 saturated heterocycles. The number of hydrogen-bond donors (Lipinski definition) is 0. The summed E-state index contributed by atoms with van der Waals surface area (Å²) in [4.78, 5) is 0. The minimum atomic E-state index is -0.450. The molecule has 0 aliphatic heterocycles. The molecule has 0 aliphatic rings. The van der Waals surface area contributed by atoms with Crippen LogP contribution in [0.4, 0.5) is 0 Å². The van der Waals surface area contributed by atoms with Gasteiger partial charge in [-0.25, -0.2) is 0 Å². The van der Waals surface area contributed by atoms with Crippen LogP contribution >= 0.6 is 68.4 Å². The number of ether oxygens (including phenoxy) is 3. The first kappa shape index (κ1) is 22.4. The summed E-state index contributed by atoms with van der Waals surface area (Å²) in [6.45, 7) is 0.524. The highest BCUT2D eigenvalue weighted by molar-refractivity contribution is 14.1. The molecule has 140 valence electrons. The maximum Gasteiger partial charge on any atom is 0.154 e. The highest BCUT2D eigenvalue weighted by atomic mass is 127. The zero-order valence-electron chi connectivity index (χ0n) is 13.9. The van der Waals surface area contributed by atoms with Crippen molar-refractivity contribution < 1.29 is 14.2 Å². The fourth-order valence-electron chi connectivity index (χ4n) is 1.96. The molecule has 2 rings (SSSR count). The van der Waals surface area contributed by atoms with Crippen molar-refractivity contribution >= 4 is 68.4 Å². The molecular formula is C20H14Cl2I2O3. The Labute approximate surface area is 196 Å². The minimum Gasteiger partial charge on any atom is -0.490 e. The molecule has 2 aromatic carbocycles. The molecule has 0 amide bonds. The Balaban J connectivity index is 1.94. The molecule has 7 heteroatoms. The molecule has 0 aromatic heterocycles. The van der Waals surface area contributed by atoms with E-state index in [1.807, 2.05) is 45.2 Å². The van der Waals surface area contributed by atoms with Gasteiger partial charge in [0.05, 0.1) is 0 Å². The lowest BCUT2D eigenvalue weighted by atomic mass is 10.3. The van der Waals surface area contributed by atoms with E-state index in [0.717, 1.165) is 0 Å². The predicted octanol–water partition coefficient (Wildman–Crippen LogP) is 6.00. The van der Waals surface area contributed by atoms with Crippen LogP contribution in [0.25, 0.3) is 0 Å². The number of benzene rings is 2. The van der Waals surface area contributed by atoms with E-state index in [2.05, 4.69) is 19.7 Å². The van der Waals surface area contributed by atoms with Gasteiger partial charge in [-0.2, -0.15) is 0 Å². The van der Waals surface area contributed by atoms with E-state index in [-0.39, 0.29) is 13.2 Å². The van der Waals surface area contributed by atoms with Gasteiger partial charge in [0.2, 0.25) is 0 Å². The molecule has 2 atom stereocenters. The van der Waals surface area contributed by atoms with Gasteiger partial charge in [0, 0.05) is 55.2 Å². The Hall–Kier alpha value is -0.840. The largest absolute Gasteiger partial charge is 0.490 e. The van der Waals surface area contributed by atoms with E-state index in [4.69, 9.17) is 37.4 Å². The number of rotatable bonds is 8. The van der Waals surface area contributed by atoms with Crippen molar-refractivity contribution in [3.63, 3.8) is 0 Å². The zero-order valence-corrected chi connectivity index (χ0v) is 19.8. The van der Waals surface area contributed by atoms with Gasteiger partial charge in [-0.15, -0.1) is 0 Å². The van der Waals surface area contributed by atoms with Crippen LogP contribution in [-0.4, -0.2) is 25.4 Å². The molecule has 0 spiro atoms. The summed E-state index contributed by atoms with van der Waals surface area (Å²) in [7, 11) is 0. The maximum atomic E-state index is 5.96. The van der Waals surface area contributed by atoms with E-state index >= 15 is 0 Å². The molecule has 2 aromatic rings. The first-order valence-electron chi connectivity index (χ1n) is 7.75. The van der Waals surface area contributed by atoms with Crippen LogP contribution in [0.15, 0.2) is 48.5 Å². The van der Waals surface area contributed by atoms with Gasteiger partial charge >= 0.3 is 0 Å². The third-order valence-electron chi connectivity index (χ3n) is 3.19. The summed E-state index contributed by atoms with van der Waals surface area (Å²) in [5.74, 6) is 7.34. The second kappa shape index (κ2) is 12.6. The maximum absolute atomic E-state index is 5.96. The Morgan fingerprint density at radius 3 is 1.41 bits per heavy atom. The molecule has 3 nitrogen and oxygen atoms in total. The van der Waals surface area contributed by atoms with Crippen LogP contribution < -0.4 is 9.47 Å². The average Bonchev–Trinajstić information content (AvgIpc) is 2.67. The lowest BCUT2D eigenvalue weighted by molar-refractivity contribution is 0.00379. The molecule has 27 heavy (non-hydrogen) atoms. The highest BCUT2D eigenvalue weighted by Crippen LogP contribution is 2.17. The Bertz CT molecular complexity index is 763. The van der Waals surface area contributed by atoms with Crippen molar-refractivity contribution in [1.29, 1.82) is 0 Å². The molecule has 0 radical (unpaired) electrons. The van der Waals surface area contributed by atoms with Crippen molar-refractivity contribution in [2.24, 2.45) is 0 Å². The fraction of sp³-hybridized carbons (Fsp3) is 0.200. The quantitative estimate of drug-likeness (QED) is 0.266. The molecule has 0 bridgehead atoms. The second-order valence-corrected chi connectivity index (χ2v) is 7.07. The van der Waals surface area contributed by atoms with Crippen molar-refractivity contribution in [3.8, 4) is 31.2 Å². The molecule has 2 unspecified atom stereocenters. The summed E-state index contributed by atoms with van der Waals surface area (Å²) in [6, 6.07) is 14.2. The third-order valence-corrected chi connectivity index (χ3v) is 4.32. The molecule has 0 N–H and O–H groups in total. The van der Waals surface area contributed by atoms with Gasteiger partial charge in [0.15, 0.2) is 12.2 Å². The highest BCUT2D eigenvalue weighted by Gasteiger charge is 2.15. The average molecular weight is 627 g/mol. The smallest absolute Gasteiger partial charge is 0.154 e. The SMILES string of the molecule is Clc1ccc(OCC(C#CI)OC(C#CI)COc2ccc(Cl)cc2)cc1. The van der Waals surface area contributed by atoms with Crippen molar-refractivity contribution in [2.45, 2.75) is 12.2 Å². The fourth-order valence-corrected chi connectivity index (χ4v) is 2.90. The van der Waals surface area contributed by atoms with Crippen molar-refractivity contribution in [3.05, 3.63) is 58.6 Å². The molecule has 0 fully saturated rings. The summed E-state index contributed by atoms with van der Waals surface area (Å²) in [5.41, 5.74) is 0. The summed E-state index contributed by atoms with van der Waals surface area (Å²) < 4.78 is 23.1. The van der Waals surface area contributed by atoms with E-state index in [0.29, 0.717) is 21.5 Å². The van der Waals surface area contributed by atoms with E-state index < -0.39 is 12.2 Å². The van der Waals surface area contributed by atoms with Gasteiger partial charge in [-0.1, -0.05) is 35.0 Å². The molecular weight excluding hydrogens is 613 g/mol. The van der Waals surface area contributed by atoms with E-state index in [1.54, 1.807) is 48.5 Å². The molecule has 0 aliphatic carbocycles. The second-order valence-electron chi connectivity index (χ2n) is 5.12. The third kappa shape index (κ3) is 8.80. The van der Waals surface area contributed by atoms with Crippen LogP contribution in [-0.2, 0) is 4.74 Å². The van der Waals surface area contributed by atoms with Crippen LogP contribution in [0.1, 0.15) is 0 Å². The lowest BCUT2D eigenvalue weighted by Gasteiger charge is -2.19. The normalized spacial score (nSPS) is 12.0. The number of halogens is 4. The Kier molecular flexibility index (Phi) is 10.5. The van der Waals surface area contributed by atoms with Crippen LogP contribution in [0, 0.1) is 19.7 Å². The van der Waals surface area contributed by atoms with Crippen LogP contribution in [0.3, 0.4) is 0 Å². The van der Waals surface area contributed by atoms with Crippen LogP contribution in [0.2, 0.25) is 10.0 Å². The minimum absolute atomic E-state index is 0.262. The Morgan fingerprint density at radius 2 is 1.07 bits per heavy atom. The van der Waals surface area contributed by atoms with Crippen molar-refractivity contribution in [1.82, 2.24) is 0 Å². The topological polar surface area (TPSA) is 27.7 Å². The van der Waals surface area contributed by atoms with Crippen LogP contribution in [0.5, 0.6) is 11.5 Å². The van der Waals surface area contributed by atoms with E-state index in [9.17, 15) is 0 Å². The van der Waals surface area contributed by atoms with Gasteiger partial charge in [0.25, 0.3) is 0 Å². The summed E-state index contributed by atoms with van der Waals surface area (Å²) in [6.07, 6.45) is -0.901. The van der Waals surface area contributed by atoms with Crippen molar-refractivity contribution in [2.75, 3.05) is 13.2 Å². The molecule has 0 saturated carbocycles. The summed E-state index contributed by atoms with van der Waals surface area (Å²) in [5, 5.41) is 1.30. The first-order chi connectivity index (χ1) is 13.1. The lowest BCUT2D eigenvalue weighted by Crippen LogP contribution is -2.29. The van der Waals surface area contributed by atoms with Gasteiger partial charge in [-0.05, 0) is 56.4 Å². The number of hydrogen-bond acceptors (Lipinski definition) is 3. The standard InChI is InChI=1S/C20H14Cl2I2O3/c21-15-1-5-17(6-2-15)25-13-19(9-11-23)27-20(10-12-24)14-26-18-7-3-16(22)4-8-18/h1-8,19-20H,13-14H2. The van der Waals surface area contributed by atoms with E-state index in [1.165, 1.54) is 0 Å². The van der Waals surface area contributed by atoms with Gasteiger partial charge < -0.3 is 14.2 Å². The summed E-state index contributed by atoms with van der Waals surface area (Å²) >= 11 is 15.7. The predicted molar refractivity (Wildman–Crippen MR) is 126 cm³/mol.